The highest BCUT2D eigenvalue weighted by atomic mass is 32.1. The average molecular weight is 283 g/mol. The molecule has 2 rings (SSSR count). The number of hydrogen-bond donors (Lipinski definition) is 2. The largest absolute Gasteiger partial charge is 0.481 e. The van der Waals surface area contributed by atoms with E-state index < -0.39 is 5.97 Å². The van der Waals surface area contributed by atoms with Crippen LogP contribution in [0.5, 0.6) is 0 Å². The predicted molar refractivity (Wildman–Crippen MR) is 75.6 cm³/mol. The third-order valence-corrected chi connectivity index (χ3v) is 4.24. The van der Waals surface area contributed by atoms with E-state index in [9.17, 15) is 4.79 Å². The number of carbonyl (C=O) groups is 1. The van der Waals surface area contributed by atoms with E-state index in [1.54, 1.807) is 0 Å². The summed E-state index contributed by atoms with van der Waals surface area (Å²) in [6.07, 6.45) is 5.49. The molecule has 0 aromatic carbocycles. The highest BCUT2D eigenvalue weighted by Gasteiger charge is 2.27. The van der Waals surface area contributed by atoms with Gasteiger partial charge in [-0.25, -0.2) is 4.98 Å². The SMILES string of the molecule is CCC(CCNc1nc(C2CC2)ns1)CCC(=O)O. The Balaban J connectivity index is 1.67. The Morgan fingerprint density at radius 3 is 2.95 bits per heavy atom. The summed E-state index contributed by atoms with van der Waals surface area (Å²) in [5.41, 5.74) is 0. The predicted octanol–water partition coefficient (Wildman–Crippen LogP) is 3.11. The smallest absolute Gasteiger partial charge is 0.303 e. The molecule has 1 aliphatic rings. The van der Waals surface area contributed by atoms with Crippen LogP contribution in [0.1, 0.15) is 57.2 Å². The molecule has 1 atom stereocenters. The van der Waals surface area contributed by atoms with E-state index >= 15 is 0 Å². The maximum atomic E-state index is 10.6. The van der Waals surface area contributed by atoms with Gasteiger partial charge in [0.2, 0.25) is 5.13 Å². The van der Waals surface area contributed by atoms with Gasteiger partial charge in [-0.05, 0) is 31.6 Å². The van der Waals surface area contributed by atoms with Gasteiger partial charge in [-0.2, -0.15) is 4.37 Å². The second-order valence-corrected chi connectivity index (χ2v) is 5.91. The molecule has 0 spiro atoms. The number of aromatic nitrogens is 2. The van der Waals surface area contributed by atoms with E-state index in [0.29, 0.717) is 11.8 Å². The molecule has 1 unspecified atom stereocenters. The number of anilines is 1. The molecule has 0 saturated heterocycles. The van der Waals surface area contributed by atoms with Gasteiger partial charge in [0.05, 0.1) is 0 Å². The molecule has 0 radical (unpaired) electrons. The molecule has 19 heavy (non-hydrogen) atoms. The molecule has 6 heteroatoms. The normalized spacial score (nSPS) is 16.3. The Bertz CT molecular complexity index is 418. The number of rotatable bonds is 9. The minimum atomic E-state index is -0.704. The molecule has 106 valence electrons. The first-order valence-electron chi connectivity index (χ1n) is 6.98. The summed E-state index contributed by atoms with van der Waals surface area (Å²) >= 11 is 1.43. The van der Waals surface area contributed by atoms with Crippen molar-refractivity contribution in [1.82, 2.24) is 9.36 Å². The molecule has 2 N–H and O–H groups in total. The summed E-state index contributed by atoms with van der Waals surface area (Å²) in [6, 6.07) is 0. The van der Waals surface area contributed by atoms with Crippen molar-refractivity contribution in [3.8, 4) is 0 Å². The zero-order valence-electron chi connectivity index (χ0n) is 11.3. The van der Waals surface area contributed by atoms with Gasteiger partial charge in [-0.15, -0.1) is 0 Å². The topological polar surface area (TPSA) is 75.1 Å². The fraction of sp³-hybridized carbons (Fsp3) is 0.769. The van der Waals surface area contributed by atoms with Gasteiger partial charge >= 0.3 is 5.97 Å². The minimum absolute atomic E-state index is 0.267. The third kappa shape index (κ3) is 4.78. The number of nitrogens with zero attached hydrogens (tertiary/aromatic N) is 2. The monoisotopic (exact) mass is 283 g/mol. The van der Waals surface area contributed by atoms with Crippen molar-refractivity contribution in [2.24, 2.45) is 5.92 Å². The number of carboxylic acid groups (broad SMARTS) is 1. The summed E-state index contributed by atoms with van der Waals surface area (Å²) in [5, 5.41) is 12.9. The quantitative estimate of drug-likeness (QED) is 0.728. The Kier molecular flexibility index (Phi) is 5.13. The number of hydrogen-bond acceptors (Lipinski definition) is 5. The van der Waals surface area contributed by atoms with Crippen LogP contribution in [0.15, 0.2) is 0 Å². The second-order valence-electron chi connectivity index (χ2n) is 5.15. The molecule has 0 bridgehead atoms. The number of nitrogens with one attached hydrogen (secondary N) is 1. The molecule has 1 aromatic heterocycles. The van der Waals surface area contributed by atoms with Crippen LogP contribution in [-0.2, 0) is 4.79 Å². The van der Waals surface area contributed by atoms with Gasteiger partial charge in [-0.1, -0.05) is 13.3 Å². The lowest BCUT2D eigenvalue weighted by Crippen LogP contribution is -2.10. The standard InChI is InChI=1S/C13H21N3O2S/c1-2-9(3-6-11(17)18)7-8-14-13-15-12(16-19-13)10-4-5-10/h9-10H,2-8H2,1H3,(H,17,18)(H,14,15,16). The van der Waals surface area contributed by atoms with Crippen molar-refractivity contribution in [2.45, 2.75) is 51.4 Å². The summed E-state index contributed by atoms with van der Waals surface area (Å²) in [7, 11) is 0. The highest BCUT2D eigenvalue weighted by Crippen LogP contribution is 2.39. The summed E-state index contributed by atoms with van der Waals surface area (Å²) in [5.74, 6) is 1.36. The molecule has 0 aliphatic heterocycles. The van der Waals surface area contributed by atoms with Gasteiger partial charge in [0.25, 0.3) is 0 Å². The van der Waals surface area contributed by atoms with Crippen molar-refractivity contribution in [1.29, 1.82) is 0 Å². The summed E-state index contributed by atoms with van der Waals surface area (Å²) < 4.78 is 4.35. The molecule has 1 heterocycles. The Labute approximate surface area is 117 Å². The van der Waals surface area contributed by atoms with Gasteiger partial charge in [0.1, 0.15) is 5.82 Å². The van der Waals surface area contributed by atoms with Crippen LogP contribution < -0.4 is 5.32 Å². The van der Waals surface area contributed by atoms with E-state index in [4.69, 9.17) is 5.11 Å². The van der Waals surface area contributed by atoms with Gasteiger partial charge in [0.15, 0.2) is 0 Å². The van der Waals surface area contributed by atoms with Gasteiger partial charge in [-0.3, -0.25) is 4.79 Å². The lowest BCUT2D eigenvalue weighted by molar-refractivity contribution is -0.137. The maximum Gasteiger partial charge on any atom is 0.303 e. The van der Waals surface area contributed by atoms with Crippen LogP contribution in [0.2, 0.25) is 0 Å². The van der Waals surface area contributed by atoms with Crippen LogP contribution >= 0.6 is 11.5 Å². The molecule has 1 aromatic rings. The average Bonchev–Trinajstić information content (AvgIpc) is 3.13. The molecular weight excluding hydrogens is 262 g/mol. The summed E-state index contributed by atoms with van der Waals surface area (Å²) in [4.78, 5) is 15.0. The lowest BCUT2D eigenvalue weighted by Gasteiger charge is -2.13. The van der Waals surface area contributed by atoms with E-state index in [-0.39, 0.29) is 6.42 Å². The molecule has 1 aliphatic carbocycles. The van der Waals surface area contributed by atoms with Crippen LogP contribution in [-0.4, -0.2) is 27.0 Å². The highest BCUT2D eigenvalue weighted by molar-refractivity contribution is 7.09. The number of carboxylic acids is 1. The van der Waals surface area contributed by atoms with Crippen molar-refractivity contribution in [3.05, 3.63) is 5.82 Å². The van der Waals surface area contributed by atoms with Crippen molar-refractivity contribution in [2.75, 3.05) is 11.9 Å². The van der Waals surface area contributed by atoms with Gasteiger partial charge < -0.3 is 10.4 Å². The van der Waals surface area contributed by atoms with Crippen LogP contribution in [0.3, 0.4) is 0 Å². The zero-order valence-corrected chi connectivity index (χ0v) is 12.1. The van der Waals surface area contributed by atoms with Crippen molar-refractivity contribution in [3.63, 3.8) is 0 Å². The van der Waals surface area contributed by atoms with Crippen molar-refractivity contribution < 1.29 is 9.90 Å². The van der Waals surface area contributed by atoms with Gasteiger partial charge in [0, 0.05) is 30.4 Å². The maximum absolute atomic E-state index is 10.6. The Hall–Kier alpha value is -1.17. The fourth-order valence-electron chi connectivity index (χ4n) is 2.08. The molecule has 1 fully saturated rings. The Morgan fingerprint density at radius 2 is 2.32 bits per heavy atom. The van der Waals surface area contributed by atoms with Crippen molar-refractivity contribution >= 4 is 22.6 Å². The number of aliphatic carboxylic acids is 1. The first-order chi connectivity index (χ1) is 9.19. The van der Waals surface area contributed by atoms with E-state index in [1.165, 1.54) is 24.4 Å². The molecule has 1 saturated carbocycles. The molecular formula is C13H21N3O2S. The summed E-state index contributed by atoms with van der Waals surface area (Å²) in [6.45, 7) is 2.96. The fourth-order valence-corrected chi connectivity index (χ4v) is 2.75. The zero-order chi connectivity index (χ0) is 13.7. The van der Waals surface area contributed by atoms with Crippen LogP contribution in [0.4, 0.5) is 5.13 Å². The second kappa shape index (κ2) is 6.84. The van der Waals surface area contributed by atoms with E-state index in [0.717, 1.165) is 36.8 Å². The van der Waals surface area contributed by atoms with E-state index in [2.05, 4.69) is 21.6 Å². The third-order valence-electron chi connectivity index (χ3n) is 3.56. The van der Waals surface area contributed by atoms with Crippen LogP contribution in [0.25, 0.3) is 0 Å². The molecule has 5 nitrogen and oxygen atoms in total. The van der Waals surface area contributed by atoms with Crippen LogP contribution in [0, 0.1) is 5.92 Å². The van der Waals surface area contributed by atoms with E-state index in [1.807, 2.05) is 0 Å². The first-order valence-corrected chi connectivity index (χ1v) is 7.75. The lowest BCUT2D eigenvalue weighted by atomic mass is 9.97. The molecule has 0 amide bonds. The Morgan fingerprint density at radius 1 is 1.53 bits per heavy atom. The minimum Gasteiger partial charge on any atom is -0.481 e. The first kappa shape index (κ1) is 14.2.